The molecule has 0 radical (unpaired) electrons. The molecule has 1 amide bonds. The maximum atomic E-state index is 12.3. The molecule has 25 heavy (non-hydrogen) atoms. The van der Waals surface area contributed by atoms with Crippen LogP contribution in [-0.2, 0) is 11.2 Å². The van der Waals surface area contributed by atoms with Crippen LogP contribution in [0.15, 0.2) is 72.2 Å². The maximum absolute atomic E-state index is 12.3. The van der Waals surface area contributed by atoms with Gasteiger partial charge in [-0.3, -0.25) is 9.78 Å². The van der Waals surface area contributed by atoms with Crippen molar-refractivity contribution in [3.8, 4) is 10.6 Å². The number of anilines is 1. The van der Waals surface area contributed by atoms with E-state index >= 15 is 0 Å². The second-order valence-corrected chi connectivity index (χ2v) is 6.51. The van der Waals surface area contributed by atoms with E-state index in [9.17, 15) is 4.79 Å². The van der Waals surface area contributed by atoms with Crippen molar-refractivity contribution in [2.45, 2.75) is 6.42 Å². The first-order chi connectivity index (χ1) is 12.3. The lowest BCUT2D eigenvalue weighted by molar-refractivity contribution is -0.115. The molecule has 0 bridgehead atoms. The summed E-state index contributed by atoms with van der Waals surface area (Å²) in [6.45, 7) is 0. The molecule has 0 saturated heterocycles. The average molecular weight is 345 g/mol. The van der Waals surface area contributed by atoms with Crippen molar-refractivity contribution in [1.29, 1.82) is 0 Å². The highest BCUT2D eigenvalue weighted by atomic mass is 32.1. The number of pyridine rings is 1. The molecule has 2 aromatic carbocycles. The van der Waals surface area contributed by atoms with Gasteiger partial charge in [0.15, 0.2) is 0 Å². The van der Waals surface area contributed by atoms with E-state index in [1.165, 1.54) is 0 Å². The van der Waals surface area contributed by atoms with Crippen LogP contribution in [0.25, 0.3) is 21.5 Å². The second-order valence-electron chi connectivity index (χ2n) is 5.65. The number of thiazole rings is 1. The van der Waals surface area contributed by atoms with Crippen LogP contribution in [0, 0.1) is 0 Å². The number of aromatic nitrogens is 2. The van der Waals surface area contributed by atoms with Gasteiger partial charge < -0.3 is 5.32 Å². The number of benzene rings is 2. The Labute approximate surface area is 149 Å². The van der Waals surface area contributed by atoms with Gasteiger partial charge in [-0.2, -0.15) is 0 Å². The molecule has 0 aliphatic heterocycles. The van der Waals surface area contributed by atoms with E-state index in [1.807, 2.05) is 66.0 Å². The van der Waals surface area contributed by atoms with Crippen LogP contribution in [0.3, 0.4) is 0 Å². The van der Waals surface area contributed by atoms with E-state index in [1.54, 1.807) is 17.5 Å². The van der Waals surface area contributed by atoms with Gasteiger partial charge in [-0.15, -0.1) is 11.3 Å². The molecule has 4 rings (SSSR count). The third kappa shape index (κ3) is 3.56. The molecular formula is C20H15N3OS. The molecule has 122 valence electrons. The number of carbonyl (C=O) groups excluding carboxylic acids is 1. The number of hydrogen-bond donors (Lipinski definition) is 1. The standard InChI is InChI=1S/C20H15N3OS/c24-19(22-16-10-15-8-4-5-9-18(15)21-12-16)11-17-13-25-20(23-17)14-6-2-1-3-7-14/h1-10,12-13H,11H2,(H,22,24). The molecule has 0 unspecified atom stereocenters. The summed E-state index contributed by atoms with van der Waals surface area (Å²) in [6.07, 6.45) is 1.92. The number of carbonyl (C=O) groups is 1. The SMILES string of the molecule is O=C(Cc1csc(-c2ccccc2)n1)Nc1cnc2ccccc2c1. The minimum Gasteiger partial charge on any atom is -0.324 e. The van der Waals surface area contributed by atoms with Crippen molar-refractivity contribution in [2.75, 3.05) is 5.32 Å². The van der Waals surface area contributed by atoms with Gasteiger partial charge in [-0.1, -0.05) is 48.5 Å². The molecule has 2 aromatic heterocycles. The Morgan fingerprint density at radius 3 is 2.72 bits per heavy atom. The van der Waals surface area contributed by atoms with Crippen LogP contribution in [0.5, 0.6) is 0 Å². The average Bonchev–Trinajstić information content (AvgIpc) is 3.10. The highest BCUT2D eigenvalue weighted by molar-refractivity contribution is 7.13. The molecule has 1 N–H and O–H groups in total. The minimum atomic E-state index is -0.0954. The maximum Gasteiger partial charge on any atom is 0.230 e. The molecule has 2 heterocycles. The zero-order valence-electron chi connectivity index (χ0n) is 13.3. The lowest BCUT2D eigenvalue weighted by atomic mass is 10.2. The van der Waals surface area contributed by atoms with E-state index in [2.05, 4.69) is 15.3 Å². The molecule has 0 aliphatic rings. The normalized spacial score (nSPS) is 10.7. The summed E-state index contributed by atoms with van der Waals surface area (Å²) in [4.78, 5) is 21.2. The molecule has 0 spiro atoms. The molecule has 4 aromatic rings. The summed E-state index contributed by atoms with van der Waals surface area (Å²) >= 11 is 1.55. The van der Waals surface area contributed by atoms with E-state index in [0.717, 1.165) is 27.2 Å². The highest BCUT2D eigenvalue weighted by Crippen LogP contribution is 2.23. The van der Waals surface area contributed by atoms with Crippen molar-refractivity contribution < 1.29 is 4.79 Å². The van der Waals surface area contributed by atoms with E-state index < -0.39 is 0 Å². The lowest BCUT2D eigenvalue weighted by Crippen LogP contribution is -2.14. The first-order valence-electron chi connectivity index (χ1n) is 7.92. The predicted molar refractivity (Wildman–Crippen MR) is 102 cm³/mol. The topological polar surface area (TPSA) is 54.9 Å². The van der Waals surface area contributed by atoms with Crippen LogP contribution in [0.1, 0.15) is 5.69 Å². The molecule has 4 nitrogen and oxygen atoms in total. The first-order valence-corrected chi connectivity index (χ1v) is 8.80. The number of nitrogens with one attached hydrogen (secondary N) is 1. The van der Waals surface area contributed by atoms with Crippen molar-refractivity contribution in [3.63, 3.8) is 0 Å². The Balaban J connectivity index is 1.46. The quantitative estimate of drug-likeness (QED) is 0.591. The monoisotopic (exact) mass is 345 g/mol. The molecule has 0 saturated carbocycles. The number of hydrogen-bond acceptors (Lipinski definition) is 4. The van der Waals surface area contributed by atoms with E-state index in [4.69, 9.17) is 0 Å². The smallest absolute Gasteiger partial charge is 0.230 e. The summed E-state index contributed by atoms with van der Waals surface area (Å²) in [5, 5.41) is 6.75. The van der Waals surface area contributed by atoms with Gasteiger partial charge in [0, 0.05) is 16.3 Å². The predicted octanol–water partition coefficient (Wildman–Crippen LogP) is 4.54. The van der Waals surface area contributed by atoms with Crippen LogP contribution in [-0.4, -0.2) is 15.9 Å². The Bertz CT molecular complexity index is 1030. The van der Waals surface area contributed by atoms with Crippen LogP contribution in [0.4, 0.5) is 5.69 Å². The lowest BCUT2D eigenvalue weighted by Gasteiger charge is -2.05. The van der Waals surface area contributed by atoms with Crippen molar-refractivity contribution >= 4 is 33.8 Å². The van der Waals surface area contributed by atoms with Gasteiger partial charge in [-0.25, -0.2) is 4.98 Å². The van der Waals surface area contributed by atoms with Gasteiger partial charge in [0.2, 0.25) is 5.91 Å². The first kappa shape index (κ1) is 15.5. The molecular weight excluding hydrogens is 330 g/mol. The fourth-order valence-electron chi connectivity index (χ4n) is 2.61. The summed E-state index contributed by atoms with van der Waals surface area (Å²) in [6, 6.07) is 19.7. The van der Waals surface area contributed by atoms with Crippen molar-refractivity contribution in [3.05, 3.63) is 77.9 Å². The number of nitrogens with zero attached hydrogens (tertiary/aromatic N) is 2. The Morgan fingerprint density at radius 2 is 1.84 bits per heavy atom. The minimum absolute atomic E-state index is 0.0954. The number of fused-ring (bicyclic) bond motifs is 1. The van der Waals surface area contributed by atoms with Crippen molar-refractivity contribution in [1.82, 2.24) is 9.97 Å². The zero-order chi connectivity index (χ0) is 17.1. The van der Waals surface area contributed by atoms with Crippen LogP contribution >= 0.6 is 11.3 Å². The molecule has 5 heteroatoms. The fourth-order valence-corrected chi connectivity index (χ4v) is 3.44. The van der Waals surface area contributed by atoms with Crippen LogP contribution < -0.4 is 5.32 Å². The third-order valence-electron chi connectivity index (χ3n) is 3.79. The molecule has 0 atom stereocenters. The van der Waals surface area contributed by atoms with Gasteiger partial charge in [-0.05, 0) is 12.1 Å². The van der Waals surface area contributed by atoms with Gasteiger partial charge in [0.1, 0.15) is 5.01 Å². The summed E-state index contributed by atoms with van der Waals surface area (Å²) in [7, 11) is 0. The fraction of sp³-hybridized carbons (Fsp3) is 0.0500. The Kier molecular flexibility index (Phi) is 4.23. The van der Waals surface area contributed by atoms with E-state index in [-0.39, 0.29) is 12.3 Å². The number of rotatable bonds is 4. The zero-order valence-corrected chi connectivity index (χ0v) is 14.2. The second kappa shape index (κ2) is 6.83. The number of amides is 1. The molecule has 0 fully saturated rings. The Hall–Kier alpha value is -3.05. The van der Waals surface area contributed by atoms with Crippen LogP contribution in [0.2, 0.25) is 0 Å². The highest BCUT2D eigenvalue weighted by Gasteiger charge is 2.10. The van der Waals surface area contributed by atoms with Crippen molar-refractivity contribution in [2.24, 2.45) is 0 Å². The van der Waals surface area contributed by atoms with E-state index in [0.29, 0.717) is 5.69 Å². The van der Waals surface area contributed by atoms with Gasteiger partial charge >= 0.3 is 0 Å². The van der Waals surface area contributed by atoms with Gasteiger partial charge in [0.25, 0.3) is 0 Å². The third-order valence-corrected chi connectivity index (χ3v) is 4.73. The summed E-state index contributed by atoms with van der Waals surface area (Å²) < 4.78 is 0. The molecule has 0 aliphatic carbocycles. The largest absolute Gasteiger partial charge is 0.324 e. The van der Waals surface area contributed by atoms with Gasteiger partial charge in [0.05, 0.1) is 29.5 Å². The summed E-state index contributed by atoms with van der Waals surface area (Å²) in [5.41, 5.74) is 3.45. The summed E-state index contributed by atoms with van der Waals surface area (Å²) in [5.74, 6) is -0.0954. The number of para-hydroxylation sites is 1. The Morgan fingerprint density at radius 1 is 1.04 bits per heavy atom.